The third kappa shape index (κ3) is 27.9. The molecule has 0 atom stereocenters. The van der Waals surface area contributed by atoms with E-state index in [4.69, 9.17) is 35.6 Å². The number of hydrogen-bond donors (Lipinski definition) is 7. The molecule has 0 spiro atoms. The topological polar surface area (TPSA) is 221 Å². The van der Waals surface area contributed by atoms with Crippen molar-refractivity contribution in [2.24, 2.45) is 5.73 Å². The molecular formula is C16H32N4O10. The van der Waals surface area contributed by atoms with Crippen molar-refractivity contribution in [2.75, 3.05) is 78.8 Å². The van der Waals surface area contributed by atoms with Crippen LogP contribution < -0.4 is 16.4 Å². The van der Waals surface area contributed by atoms with E-state index in [0.717, 1.165) is 0 Å². The molecule has 14 nitrogen and oxygen atoms in total. The van der Waals surface area contributed by atoms with Crippen LogP contribution in [0.15, 0.2) is 0 Å². The first kappa shape index (κ1) is 29.8. The number of aliphatic carboxylic acids is 4. The summed E-state index contributed by atoms with van der Waals surface area (Å²) in [7, 11) is 0. The van der Waals surface area contributed by atoms with Crippen molar-refractivity contribution in [3.05, 3.63) is 0 Å². The van der Waals surface area contributed by atoms with Crippen molar-refractivity contribution in [1.29, 1.82) is 0 Å². The standard InChI is InChI=1S/C10H18N2O7.C6H14N2O3/c13-8(14)5-11-1-3-19-4-2-12(6-9(15)16)7-10(17)18;7-1-3-11-4-2-8-5-6(9)10/h11H,1-7H2,(H,13,14)(H,15,16)(H,17,18);8H,1-5,7H2,(H,9,10). The monoisotopic (exact) mass is 440 g/mol. The summed E-state index contributed by atoms with van der Waals surface area (Å²) in [6.45, 7) is 2.13. The Morgan fingerprint density at radius 3 is 1.50 bits per heavy atom. The highest BCUT2D eigenvalue weighted by atomic mass is 16.5. The van der Waals surface area contributed by atoms with Gasteiger partial charge in [0.25, 0.3) is 0 Å². The predicted molar refractivity (Wildman–Crippen MR) is 103 cm³/mol. The number of carbonyl (C=O) groups is 4. The molecule has 0 bridgehead atoms. The highest BCUT2D eigenvalue weighted by molar-refractivity contribution is 5.72. The van der Waals surface area contributed by atoms with Gasteiger partial charge in [-0.05, 0) is 0 Å². The van der Waals surface area contributed by atoms with Gasteiger partial charge < -0.3 is 46.3 Å². The Kier molecular flexibility index (Phi) is 21.2. The van der Waals surface area contributed by atoms with Gasteiger partial charge in [0.05, 0.1) is 52.6 Å². The van der Waals surface area contributed by atoms with Crippen molar-refractivity contribution in [2.45, 2.75) is 0 Å². The molecule has 0 aliphatic carbocycles. The number of nitrogens with two attached hydrogens (primary N) is 1. The van der Waals surface area contributed by atoms with Gasteiger partial charge in [-0.25, -0.2) is 0 Å². The molecule has 0 heterocycles. The Morgan fingerprint density at radius 2 is 1.13 bits per heavy atom. The van der Waals surface area contributed by atoms with Crippen LogP contribution >= 0.6 is 0 Å². The summed E-state index contributed by atoms with van der Waals surface area (Å²) in [6, 6.07) is 0. The maximum Gasteiger partial charge on any atom is 0.317 e. The number of ether oxygens (including phenoxy) is 2. The average Bonchev–Trinajstić information content (AvgIpc) is 2.62. The predicted octanol–water partition coefficient (Wildman–Crippen LogP) is -3.22. The number of hydrogen-bond acceptors (Lipinski definition) is 10. The van der Waals surface area contributed by atoms with Gasteiger partial charge in [0, 0.05) is 26.2 Å². The summed E-state index contributed by atoms with van der Waals surface area (Å²) < 4.78 is 10.1. The van der Waals surface area contributed by atoms with E-state index in [1.165, 1.54) is 4.90 Å². The minimum Gasteiger partial charge on any atom is -0.480 e. The summed E-state index contributed by atoms with van der Waals surface area (Å²) in [6.07, 6.45) is 0. The second-order valence-corrected chi connectivity index (χ2v) is 5.65. The van der Waals surface area contributed by atoms with E-state index in [2.05, 4.69) is 10.6 Å². The summed E-state index contributed by atoms with van der Waals surface area (Å²) in [5.41, 5.74) is 5.15. The normalized spacial score (nSPS) is 10.3. The molecule has 0 aromatic rings. The number of carboxylic acid groups (broad SMARTS) is 4. The molecule has 0 unspecified atom stereocenters. The van der Waals surface area contributed by atoms with Crippen molar-refractivity contribution in [3.63, 3.8) is 0 Å². The van der Waals surface area contributed by atoms with Gasteiger partial charge >= 0.3 is 23.9 Å². The van der Waals surface area contributed by atoms with Crippen LogP contribution in [0, 0.1) is 0 Å². The fourth-order valence-corrected chi connectivity index (χ4v) is 1.76. The number of nitrogens with zero attached hydrogens (tertiary/aromatic N) is 1. The molecule has 8 N–H and O–H groups in total. The molecule has 30 heavy (non-hydrogen) atoms. The van der Waals surface area contributed by atoms with Crippen LogP contribution in [0.2, 0.25) is 0 Å². The van der Waals surface area contributed by atoms with E-state index in [1.807, 2.05) is 0 Å². The van der Waals surface area contributed by atoms with Crippen molar-refractivity contribution >= 4 is 23.9 Å². The van der Waals surface area contributed by atoms with Crippen molar-refractivity contribution < 1.29 is 49.1 Å². The molecule has 0 saturated heterocycles. The molecule has 176 valence electrons. The number of rotatable bonds is 19. The van der Waals surface area contributed by atoms with Gasteiger partial charge in [0.2, 0.25) is 0 Å². The van der Waals surface area contributed by atoms with Gasteiger partial charge in [-0.15, -0.1) is 0 Å². The largest absolute Gasteiger partial charge is 0.480 e. The van der Waals surface area contributed by atoms with E-state index < -0.39 is 23.9 Å². The van der Waals surface area contributed by atoms with E-state index in [1.54, 1.807) is 0 Å². The number of carboxylic acids is 4. The molecule has 0 aromatic carbocycles. The first-order valence-corrected chi connectivity index (χ1v) is 9.05. The lowest BCUT2D eigenvalue weighted by molar-refractivity contribution is -0.142. The Bertz CT molecular complexity index is 477. The van der Waals surface area contributed by atoms with Crippen LogP contribution in [0.5, 0.6) is 0 Å². The van der Waals surface area contributed by atoms with Gasteiger partial charge in [-0.2, -0.15) is 0 Å². The zero-order valence-corrected chi connectivity index (χ0v) is 16.7. The summed E-state index contributed by atoms with van der Waals surface area (Å²) in [5.74, 6) is -4.04. The third-order valence-corrected chi connectivity index (χ3v) is 2.93. The summed E-state index contributed by atoms with van der Waals surface area (Å²) >= 11 is 0. The van der Waals surface area contributed by atoms with Crippen LogP contribution in [-0.2, 0) is 28.7 Å². The number of nitrogens with one attached hydrogen (secondary N) is 2. The first-order valence-electron chi connectivity index (χ1n) is 9.05. The van der Waals surface area contributed by atoms with Crippen LogP contribution in [0.1, 0.15) is 0 Å². The smallest absolute Gasteiger partial charge is 0.317 e. The van der Waals surface area contributed by atoms with E-state index in [-0.39, 0.29) is 45.9 Å². The molecule has 0 aliphatic rings. The van der Waals surface area contributed by atoms with E-state index in [0.29, 0.717) is 32.8 Å². The lowest BCUT2D eigenvalue weighted by Gasteiger charge is -2.17. The summed E-state index contributed by atoms with van der Waals surface area (Å²) in [5, 5.41) is 39.0. The Labute approximate surface area is 173 Å². The van der Waals surface area contributed by atoms with E-state index >= 15 is 0 Å². The van der Waals surface area contributed by atoms with Gasteiger partial charge in [0.1, 0.15) is 0 Å². The zero-order chi connectivity index (χ0) is 23.2. The van der Waals surface area contributed by atoms with Crippen LogP contribution in [0.4, 0.5) is 0 Å². The molecule has 0 fully saturated rings. The zero-order valence-electron chi connectivity index (χ0n) is 16.7. The molecule has 0 aromatic heterocycles. The average molecular weight is 440 g/mol. The minimum absolute atomic E-state index is 0.0218. The highest BCUT2D eigenvalue weighted by Gasteiger charge is 2.12. The molecule has 0 saturated carbocycles. The van der Waals surface area contributed by atoms with E-state index in [9.17, 15) is 19.2 Å². The quantitative estimate of drug-likeness (QED) is 0.0982. The molecule has 0 amide bonds. The lowest BCUT2D eigenvalue weighted by atomic mass is 10.4. The fraction of sp³-hybridized carbons (Fsp3) is 0.750. The highest BCUT2D eigenvalue weighted by Crippen LogP contribution is 1.89. The summed E-state index contributed by atoms with van der Waals surface area (Å²) in [4.78, 5) is 42.3. The van der Waals surface area contributed by atoms with Crippen molar-refractivity contribution in [1.82, 2.24) is 15.5 Å². The van der Waals surface area contributed by atoms with Crippen molar-refractivity contribution in [3.8, 4) is 0 Å². The molecular weight excluding hydrogens is 408 g/mol. The second-order valence-electron chi connectivity index (χ2n) is 5.65. The second kappa shape index (κ2) is 21.4. The third-order valence-electron chi connectivity index (χ3n) is 2.93. The lowest BCUT2D eigenvalue weighted by Crippen LogP contribution is -2.37. The van der Waals surface area contributed by atoms with Crippen LogP contribution in [0.3, 0.4) is 0 Å². The fourth-order valence-electron chi connectivity index (χ4n) is 1.76. The van der Waals surface area contributed by atoms with Gasteiger partial charge in [0.15, 0.2) is 0 Å². The Morgan fingerprint density at radius 1 is 0.700 bits per heavy atom. The Balaban J connectivity index is 0. The maximum absolute atomic E-state index is 10.5. The minimum atomic E-state index is -1.11. The first-order chi connectivity index (χ1) is 14.2. The molecule has 0 radical (unpaired) electrons. The molecule has 0 aliphatic heterocycles. The SMILES string of the molecule is NCCOCCNCC(=O)O.O=C(O)CNCCOCCN(CC(=O)O)CC(=O)O. The Hall–Kier alpha value is -2.36. The van der Waals surface area contributed by atoms with Gasteiger partial charge in [-0.1, -0.05) is 0 Å². The maximum atomic E-state index is 10.5. The van der Waals surface area contributed by atoms with Crippen LogP contribution in [-0.4, -0.2) is 128 Å². The van der Waals surface area contributed by atoms with Gasteiger partial charge in [-0.3, -0.25) is 24.1 Å². The van der Waals surface area contributed by atoms with Crippen LogP contribution in [0.25, 0.3) is 0 Å². The molecule has 14 heteroatoms. The molecule has 0 rings (SSSR count).